The van der Waals surface area contributed by atoms with Crippen LogP contribution in [-0.2, 0) is 0 Å². The SMILES string of the molecule is CCC(CC(N)c1ccc(Cl)cc1)n1cncc1C. The zero-order chi connectivity index (χ0) is 13.8. The van der Waals surface area contributed by atoms with Crippen LogP contribution < -0.4 is 5.73 Å². The zero-order valence-corrected chi connectivity index (χ0v) is 12.1. The normalized spacial score (nSPS) is 14.3. The van der Waals surface area contributed by atoms with E-state index in [1.54, 1.807) is 0 Å². The lowest BCUT2D eigenvalue weighted by Gasteiger charge is -2.22. The highest BCUT2D eigenvalue weighted by Gasteiger charge is 2.16. The van der Waals surface area contributed by atoms with Crippen molar-refractivity contribution in [2.24, 2.45) is 5.73 Å². The van der Waals surface area contributed by atoms with Crippen molar-refractivity contribution in [3.63, 3.8) is 0 Å². The van der Waals surface area contributed by atoms with E-state index >= 15 is 0 Å². The van der Waals surface area contributed by atoms with Crippen molar-refractivity contribution in [3.8, 4) is 0 Å². The fourth-order valence-electron chi connectivity index (χ4n) is 2.37. The summed E-state index contributed by atoms with van der Waals surface area (Å²) in [6.07, 6.45) is 5.71. The summed E-state index contributed by atoms with van der Waals surface area (Å²) >= 11 is 5.90. The van der Waals surface area contributed by atoms with Crippen LogP contribution in [0.4, 0.5) is 0 Å². The molecule has 0 fully saturated rings. The Kier molecular flexibility index (Phi) is 4.61. The first-order chi connectivity index (χ1) is 9.11. The number of halogens is 1. The van der Waals surface area contributed by atoms with Gasteiger partial charge in [0.2, 0.25) is 0 Å². The highest BCUT2D eigenvalue weighted by molar-refractivity contribution is 6.30. The van der Waals surface area contributed by atoms with E-state index < -0.39 is 0 Å². The zero-order valence-electron chi connectivity index (χ0n) is 11.4. The Morgan fingerprint density at radius 1 is 1.32 bits per heavy atom. The third kappa shape index (κ3) is 3.37. The van der Waals surface area contributed by atoms with Gasteiger partial charge in [-0.3, -0.25) is 0 Å². The molecule has 0 bridgehead atoms. The van der Waals surface area contributed by atoms with E-state index in [4.69, 9.17) is 17.3 Å². The molecule has 0 spiro atoms. The maximum absolute atomic E-state index is 6.30. The number of aryl methyl sites for hydroxylation is 1. The lowest BCUT2D eigenvalue weighted by molar-refractivity contribution is 0.408. The number of hydrogen-bond donors (Lipinski definition) is 1. The number of rotatable bonds is 5. The molecular weight excluding hydrogens is 258 g/mol. The standard InChI is InChI=1S/C15H20ClN3/c1-3-14(19-10-18-9-11(19)2)8-15(17)12-4-6-13(16)7-5-12/h4-7,9-10,14-15H,3,8,17H2,1-2H3. The molecule has 2 N–H and O–H groups in total. The number of hydrogen-bond acceptors (Lipinski definition) is 2. The summed E-state index contributed by atoms with van der Waals surface area (Å²) in [4.78, 5) is 4.19. The second-order valence-electron chi connectivity index (χ2n) is 4.90. The summed E-state index contributed by atoms with van der Waals surface area (Å²) in [6, 6.07) is 8.18. The van der Waals surface area contributed by atoms with Crippen molar-refractivity contribution in [1.29, 1.82) is 0 Å². The van der Waals surface area contributed by atoms with E-state index in [-0.39, 0.29) is 6.04 Å². The maximum Gasteiger partial charge on any atom is 0.0950 e. The number of nitrogens with zero attached hydrogens (tertiary/aromatic N) is 2. The van der Waals surface area contributed by atoms with Crippen molar-refractivity contribution in [2.45, 2.75) is 38.8 Å². The van der Waals surface area contributed by atoms with E-state index in [1.807, 2.05) is 36.8 Å². The topological polar surface area (TPSA) is 43.8 Å². The van der Waals surface area contributed by atoms with Gasteiger partial charge in [0, 0.05) is 29.0 Å². The monoisotopic (exact) mass is 277 g/mol. The van der Waals surface area contributed by atoms with Gasteiger partial charge in [0.15, 0.2) is 0 Å². The van der Waals surface area contributed by atoms with E-state index in [1.165, 1.54) is 5.69 Å². The molecule has 0 aliphatic heterocycles. The molecule has 2 rings (SSSR count). The largest absolute Gasteiger partial charge is 0.332 e. The van der Waals surface area contributed by atoms with Crippen molar-refractivity contribution < 1.29 is 0 Å². The van der Waals surface area contributed by atoms with E-state index in [9.17, 15) is 0 Å². The van der Waals surface area contributed by atoms with Crippen LogP contribution in [-0.4, -0.2) is 9.55 Å². The molecule has 1 aromatic heterocycles. The highest BCUT2D eigenvalue weighted by atomic mass is 35.5. The first kappa shape index (κ1) is 14.1. The molecule has 2 aromatic rings. The molecule has 2 atom stereocenters. The van der Waals surface area contributed by atoms with Crippen LogP contribution in [0.2, 0.25) is 5.02 Å². The molecular formula is C15H20ClN3. The summed E-state index contributed by atoms with van der Waals surface area (Å²) in [5, 5.41) is 0.744. The van der Waals surface area contributed by atoms with Gasteiger partial charge >= 0.3 is 0 Å². The molecule has 1 heterocycles. The number of nitrogens with two attached hydrogens (primary N) is 1. The minimum atomic E-state index is 0.0176. The molecule has 102 valence electrons. The lowest BCUT2D eigenvalue weighted by atomic mass is 9.98. The van der Waals surface area contributed by atoms with E-state index in [0.717, 1.165) is 23.4 Å². The Morgan fingerprint density at radius 2 is 2.00 bits per heavy atom. The van der Waals surface area contributed by atoms with Crippen LogP contribution in [0.3, 0.4) is 0 Å². The molecule has 0 amide bonds. The van der Waals surface area contributed by atoms with Gasteiger partial charge < -0.3 is 10.3 Å². The Bertz CT molecular complexity index is 518. The molecule has 19 heavy (non-hydrogen) atoms. The van der Waals surface area contributed by atoms with Crippen molar-refractivity contribution >= 4 is 11.6 Å². The first-order valence-electron chi connectivity index (χ1n) is 6.61. The number of aromatic nitrogens is 2. The predicted octanol–water partition coefficient (Wildman–Crippen LogP) is 3.89. The number of imidazole rings is 1. The lowest BCUT2D eigenvalue weighted by Crippen LogP contribution is -2.18. The van der Waals surface area contributed by atoms with Gasteiger partial charge in [0.25, 0.3) is 0 Å². The summed E-state index contributed by atoms with van der Waals surface area (Å²) in [6.45, 7) is 4.25. The van der Waals surface area contributed by atoms with Gasteiger partial charge in [0.1, 0.15) is 0 Å². The molecule has 0 radical (unpaired) electrons. The van der Waals surface area contributed by atoms with Crippen LogP contribution >= 0.6 is 11.6 Å². The van der Waals surface area contributed by atoms with Crippen LogP contribution in [0.15, 0.2) is 36.8 Å². The third-order valence-corrected chi connectivity index (χ3v) is 3.80. The van der Waals surface area contributed by atoms with Crippen molar-refractivity contribution in [3.05, 3.63) is 53.1 Å². The highest BCUT2D eigenvalue weighted by Crippen LogP contribution is 2.26. The Balaban J connectivity index is 2.10. The van der Waals surface area contributed by atoms with Crippen LogP contribution in [0.5, 0.6) is 0 Å². The molecule has 0 aliphatic rings. The smallest absolute Gasteiger partial charge is 0.0950 e. The van der Waals surface area contributed by atoms with Crippen molar-refractivity contribution in [2.75, 3.05) is 0 Å². The average Bonchev–Trinajstić information content (AvgIpc) is 2.83. The van der Waals surface area contributed by atoms with Gasteiger partial charge in [-0.25, -0.2) is 4.98 Å². The molecule has 2 unspecified atom stereocenters. The number of benzene rings is 1. The Labute approximate surface area is 119 Å². The second-order valence-corrected chi connectivity index (χ2v) is 5.33. The average molecular weight is 278 g/mol. The van der Waals surface area contributed by atoms with Gasteiger partial charge in [-0.2, -0.15) is 0 Å². The van der Waals surface area contributed by atoms with Crippen molar-refractivity contribution in [1.82, 2.24) is 9.55 Å². The van der Waals surface area contributed by atoms with Crippen LogP contribution in [0.25, 0.3) is 0 Å². The summed E-state index contributed by atoms with van der Waals surface area (Å²) in [5.41, 5.74) is 8.60. The van der Waals surface area contributed by atoms with Crippen LogP contribution in [0, 0.1) is 6.92 Å². The minimum Gasteiger partial charge on any atom is -0.332 e. The Morgan fingerprint density at radius 3 is 2.53 bits per heavy atom. The maximum atomic E-state index is 6.30. The molecule has 0 saturated carbocycles. The Hall–Kier alpha value is -1.32. The molecule has 0 saturated heterocycles. The first-order valence-corrected chi connectivity index (χ1v) is 6.99. The van der Waals surface area contributed by atoms with Gasteiger partial charge in [0.05, 0.1) is 6.33 Å². The van der Waals surface area contributed by atoms with E-state index in [0.29, 0.717) is 6.04 Å². The van der Waals surface area contributed by atoms with Gasteiger partial charge in [-0.05, 0) is 37.5 Å². The summed E-state index contributed by atoms with van der Waals surface area (Å²) < 4.78 is 2.20. The summed E-state index contributed by atoms with van der Waals surface area (Å²) in [5.74, 6) is 0. The minimum absolute atomic E-state index is 0.0176. The molecule has 1 aromatic carbocycles. The fraction of sp³-hybridized carbons (Fsp3) is 0.400. The quantitative estimate of drug-likeness (QED) is 0.901. The third-order valence-electron chi connectivity index (χ3n) is 3.55. The predicted molar refractivity (Wildman–Crippen MR) is 79.3 cm³/mol. The molecule has 4 heteroatoms. The second kappa shape index (κ2) is 6.22. The van der Waals surface area contributed by atoms with Gasteiger partial charge in [-0.15, -0.1) is 0 Å². The van der Waals surface area contributed by atoms with Crippen LogP contribution in [0.1, 0.15) is 43.1 Å². The van der Waals surface area contributed by atoms with E-state index in [2.05, 4.69) is 23.4 Å². The van der Waals surface area contributed by atoms with Gasteiger partial charge in [-0.1, -0.05) is 30.7 Å². The molecule has 0 aliphatic carbocycles. The molecule has 3 nitrogen and oxygen atoms in total. The summed E-state index contributed by atoms with van der Waals surface area (Å²) in [7, 11) is 0. The fourth-order valence-corrected chi connectivity index (χ4v) is 2.50.